The molecule has 124 valence electrons. The number of carboxylic acid groups (broad SMARTS) is 3. The highest BCUT2D eigenvalue weighted by molar-refractivity contribution is 7.80. The number of rotatable bonds is 10. The van der Waals surface area contributed by atoms with Gasteiger partial charge >= 0.3 is 17.9 Å². The number of carbonyl (C=O) groups is 3. The average Bonchev–Trinajstić information content (AvgIpc) is 2.39. The first-order valence-corrected chi connectivity index (χ1v) is 6.86. The molecular formula is C11H23N3O6S. The first-order chi connectivity index (χ1) is 9.76. The Morgan fingerprint density at radius 1 is 1.10 bits per heavy atom. The number of carboxylic acids is 3. The zero-order valence-electron chi connectivity index (χ0n) is 11.6. The van der Waals surface area contributed by atoms with Gasteiger partial charge in [0, 0.05) is 5.75 Å². The van der Waals surface area contributed by atoms with Crippen LogP contribution in [0.4, 0.5) is 0 Å². The number of thiol groups is 1. The molecule has 0 aromatic heterocycles. The van der Waals surface area contributed by atoms with Gasteiger partial charge < -0.3 is 26.8 Å². The number of aliphatic carboxylic acids is 3. The van der Waals surface area contributed by atoms with Crippen LogP contribution in [0.5, 0.6) is 0 Å². The second-order valence-corrected chi connectivity index (χ2v) is 4.44. The van der Waals surface area contributed by atoms with E-state index in [-0.39, 0.29) is 12.3 Å². The van der Waals surface area contributed by atoms with E-state index in [9.17, 15) is 14.4 Å². The minimum Gasteiger partial charge on any atom is -0.480 e. The second-order valence-electron chi connectivity index (χ2n) is 4.08. The van der Waals surface area contributed by atoms with Crippen LogP contribution >= 0.6 is 12.6 Å². The Labute approximate surface area is 128 Å². The van der Waals surface area contributed by atoms with Crippen molar-refractivity contribution in [3.05, 3.63) is 0 Å². The van der Waals surface area contributed by atoms with E-state index >= 15 is 0 Å². The van der Waals surface area contributed by atoms with Gasteiger partial charge in [0.25, 0.3) is 0 Å². The summed E-state index contributed by atoms with van der Waals surface area (Å²) in [6.45, 7) is 0.240. The van der Waals surface area contributed by atoms with Crippen molar-refractivity contribution in [2.24, 2.45) is 11.5 Å². The summed E-state index contributed by atoms with van der Waals surface area (Å²) in [5, 5.41) is 27.2. The Kier molecular flexibility index (Phi) is 14.2. The molecule has 0 heterocycles. The van der Waals surface area contributed by atoms with Gasteiger partial charge in [-0.1, -0.05) is 6.42 Å². The summed E-state index contributed by atoms with van der Waals surface area (Å²) in [4.78, 5) is 30.3. The quantitative estimate of drug-likeness (QED) is 0.187. The van der Waals surface area contributed by atoms with Crippen LogP contribution in [0.1, 0.15) is 19.3 Å². The highest BCUT2D eigenvalue weighted by Crippen LogP contribution is 1.96. The van der Waals surface area contributed by atoms with Crippen LogP contribution in [0.3, 0.4) is 0 Å². The van der Waals surface area contributed by atoms with Crippen LogP contribution in [-0.4, -0.2) is 64.2 Å². The molecule has 0 saturated carbocycles. The molecule has 0 spiro atoms. The molecule has 1 unspecified atom stereocenters. The zero-order chi connectivity index (χ0) is 16.8. The normalized spacial score (nSPS) is 12.7. The third kappa shape index (κ3) is 14.9. The maximum atomic E-state index is 10.2. The van der Waals surface area contributed by atoms with Gasteiger partial charge in [0.05, 0.1) is 6.54 Å². The largest absolute Gasteiger partial charge is 0.480 e. The van der Waals surface area contributed by atoms with Crippen molar-refractivity contribution in [1.29, 1.82) is 0 Å². The first-order valence-electron chi connectivity index (χ1n) is 6.23. The molecule has 9 nitrogen and oxygen atoms in total. The first kappa shape index (κ1) is 21.9. The predicted octanol–water partition coefficient (Wildman–Crippen LogP) is -1.43. The number of nitrogens with two attached hydrogens (primary N) is 2. The van der Waals surface area contributed by atoms with Gasteiger partial charge in [-0.25, -0.2) is 0 Å². The van der Waals surface area contributed by atoms with Crippen molar-refractivity contribution < 1.29 is 29.7 Å². The van der Waals surface area contributed by atoms with Gasteiger partial charge in [0.2, 0.25) is 0 Å². The smallest absolute Gasteiger partial charge is 0.321 e. The van der Waals surface area contributed by atoms with E-state index < -0.39 is 30.0 Å². The van der Waals surface area contributed by atoms with Crippen LogP contribution in [0.15, 0.2) is 0 Å². The highest BCUT2D eigenvalue weighted by atomic mass is 32.1. The van der Waals surface area contributed by atoms with E-state index in [1.54, 1.807) is 0 Å². The molecular weight excluding hydrogens is 302 g/mol. The number of nitrogens with one attached hydrogen (secondary N) is 1. The van der Waals surface area contributed by atoms with Crippen LogP contribution < -0.4 is 16.8 Å². The zero-order valence-corrected chi connectivity index (χ0v) is 12.5. The fourth-order valence-corrected chi connectivity index (χ4v) is 1.36. The number of unbranched alkanes of at least 4 members (excludes halogenated alkanes) is 1. The van der Waals surface area contributed by atoms with E-state index in [4.69, 9.17) is 26.8 Å². The molecule has 21 heavy (non-hydrogen) atoms. The lowest BCUT2D eigenvalue weighted by atomic mass is 10.1. The minimum absolute atomic E-state index is 0.0720. The molecule has 8 N–H and O–H groups in total. The van der Waals surface area contributed by atoms with Gasteiger partial charge in [0.1, 0.15) is 12.1 Å². The van der Waals surface area contributed by atoms with Crippen LogP contribution in [0.2, 0.25) is 0 Å². The third-order valence-corrected chi connectivity index (χ3v) is 2.63. The molecule has 0 aromatic carbocycles. The molecule has 0 aliphatic rings. The molecule has 0 aliphatic carbocycles. The Morgan fingerprint density at radius 2 is 1.67 bits per heavy atom. The summed E-state index contributed by atoms with van der Waals surface area (Å²) in [6.07, 6.45) is 2.16. The fourth-order valence-electron chi connectivity index (χ4n) is 1.07. The van der Waals surface area contributed by atoms with Gasteiger partial charge in [-0.15, -0.1) is 0 Å². The third-order valence-electron chi connectivity index (χ3n) is 2.27. The lowest BCUT2D eigenvalue weighted by Crippen LogP contribution is -2.40. The van der Waals surface area contributed by atoms with Crippen LogP contribution in [0, 0.1) is 0 Å². The van der Waals surface area contributed by atoms with Crippen molar-refractivity contribution in [3.8, 4) is 0 Å². The fraction of sp³-hybridized carbons (Fsp3) is 0.727. The predicted molar refractivity (Wildman–Crippen MR) is 79.4 cm³/mol. The van der Waals surface area contributed by atoms with Crippen molar-refractivity contribution in [3.63, 3.8) is 0 Å². The summed E-state index contributed by atoms with van der Waals surface area (Å²) in [7, 11) is 0. The Balaban J connectivity index is 0. The average molecular weight is 325 g/mol. The maximum Gasteiger partial charge on any atom is 0.321 e. The Bertz CT molecular complexity index is 329. The molecule has 0 fully saturated rings. The van der Waals surface area contributed by atoms with Gasteiger partial charge in [-0.05, 0) is 19.4 Å². The van der Waals surface area contributed by atoms with Crippen molar-refractivity contribution in [1.82, 2.24) is 5.32 Å². The van der Waals surface area contributed by atoms with E-state index in [0.717, 1.165) is 12.8 Å². The summed E-state index contributed by atoms with van der Waals surface area (Å²) in [6, 6.07) is -1.61. The molecule has 0 amide bonds. The number of hydrogen-bond donors (Lipinski definition) is 7. The molecule has 0 aliphatic heterocycles. The topological polar surface area (TPSA) is 176 Å². The summed E-state index contributed by atoms with van der Waals surface area (Å²) < 4.78 is 0. The van der Waals surface area contributed by atoms with Crippen molar-refractivity contribution in [2.45, 2.75) is 31.3 Å². The molecule has 0 bridgehead atoms. The lowest BCUT2D eigenvalue weighted by molar-refractivity contribution is -0.140. The van der Waals surface area contributed by atoms with E-state index in [2.05, 4.69) is 17.9 Å². The molecule has 0 rings (SSSR count). The SMILES string of the molecule is NCCCCC(N)C(=O)O.O=C(O)CN[C@@H](CS)C(=O)O. The Morgan fingerprint density at radius 3 is 2.00 bits per heavy atom. The van der Waals surface area contributed by atoms with Gasteiger partial charge in [-0.2, -0.15) is 12.6 Å². The lowest BCUT2D eigenvalue weighted by Gasteiger charge is -2.08. The maximum absolute atomic E-state index is 10.2. The van der Waals surface area contributed by atoms with E-state index in [1.807, 2.05) is 0 Å². The monoisotopic (exact) mass is 325 g/mol. The van der Waals surface area contributed by atoms with Crippen LogP contribution in [-0.2, 0) is 14.4 Å². The highest BCUT2D eigenvalue weighted by Gasteiger charge is 2.14. The standard InChI is InChI=1S/C6H14N2O2.C5H9NO4S/c7-4-2-1-3-5(8)6(9)10;7-4(8)1-6-3(2-11)5(9)10/h5H,1-4,7-8H2,(H,9,10);3,6,11H,1-2H2,(H,7,8)(H,9,10)/t;3-/m.0/s1. The second kappa shape index (κ2) is 13.6. The summed E-state index contributed by atoms with van der Waals surface area (Å²) in [5.41, 5.74) is 10.4. The molecule has 0 saturated heterocycles. The van der Waals surface area contributed by atoms with E-state index in [1.165, 1.54) is 0 Å². The molecule has 0 radical (unpaired) electrons. The van der Waals surface area contributed by atoms with Gasteiger partial charge in [0.15, 0.2) is 0 Å². The molecule has 2 atom stereocenters. The summed E-state index contributed by atoms with van der Waals surface area (Å²) in [5.74, 6) is -3.04. The van der Waals surface area contributed by atoms with Gasteiger partial charge in [-0.3, -0.25) is 19.7 Å². The Hall–Kier alpha value is -1.36. The van der Waals surface area contributed by atoms with E-state index in [0.29, 0.717) is 13.0 Å². The van der Waals surface area contributed by atoms with Crippen LogP contribution in [0.25, 0.3) is 0 Å². The molecule has 10 heteroatoms. The van der Waals surface area contributed by atoms with Crippen molar-refractivity contribution in [2.75, 3.05) is 18.8 Å². The minimum atomic E-state index is -1.10. The number of hydrogen-bond acceptors (Lipinski definition) is 7. The van der Waals surface area contributed by atoms with Crippen molar-refractivity contribution >= 4 is 30.5 Å². The summed E-state index contributed by atoms with van der Waals surface area (Å²) >= 11 is 3.72. The molecule has 0 aromatic rings.